The van der Waals surface area contributed by atoms with Gasteiger partial charge >= 0.3 is 0 Å². The van der Waals surface area contributed by atoms with Gasteiger partial charge in [-0.15, -0.1) is 12.4 Å². The molecule has 2 fully saturated rings. The van der Waals surface area contributed by atoms with Crippen molar-refractivity contribution in [3.05, 3.63) is 0 Å². The van der Waals surface area contributed by atoms with E-state index in [-0.39, 0.29) is 30.1 Å². The van der Waals surface area contributed by atoms with Crippen LogP contribution in [-0.2, 0) is 9.59 Å². The second-order valence-electron chi connectivity index (χ2n) is 6.38. The molecule has 0 aromatic carbocycles. The number of nitrogens with two attached hydrogens (primary N) is 1. The Morgan fingerprint density at radius 3 is 2.33 bits per heavy atom. The zero-order valence-electron chi connectivity index (χ0n) is 13.0. The topological polar surface area (TPSA) is 75.4 Å². The summed E-state index contributed by atoms with van der Waals surface area (Å²) in [6.07, 6.45) is 5.84. The molecule has 21 heavy (non-hydrogen) atoms. The number of fused-ring (bicyclic) bond motifs is 2. The van der Waals surface area contributed by atoms with E-state index in [1.54, 1.807) is 19.0 Å². The maximum absolute atomic E-state index is 12.5. The number of carbonyl (C=O) groups excluding carboxylic acids is 2. The third-order valence-corrected chi connectivity index (χ3v) is 5.09. The molecular weight excluding hydrogens is 290 g/mol. The lowest BCUT2D eigenvalue weighted by Crippen LogP contribution is -2.49. The fourth-order valence-electron chi connectivity index (χ4n) is 3.81. The average Bonchev–Trinajstić information content (AvgIpc) is 2.43. The van der Waals surface area contributed by atoms with Crippen LogP contribution in [0.4, 0.5) is 0 Å². The first-order chi connectivity index (χ1) is 9.52. The fourth-order valence-corrected chi connectivity index (χ4v) is 3.81. The van der Waals surface area contributed by atoms with Gasteiger partial charge in [0, 0.05) is 39.0 Å². The smallest absolute Gasteiger partial charge is 0.225 e. The van der Waals surface area contributed by atoms with Crippen LogP contribution in [0.1, 0.15) is 38.5 Å². The number of nitrogens with one attached hydrogen (secondary N) is 1. The van der Waals surface area contributed by atoms with Crippen molar-refractivity contribution in [2.75, 3.05) is 20.6 Å². The lowest BCUT2D eigenvalue weighted by Gasteiger charge is -2.44. The van der Waals surface area contributed by atoms with Crippen LogP contribution in [0.25, 0.3) is 0 Å². The summed E-state index contributed by atoms with van der Waals surface area (Å²) < 4.78 is 0. The number of carbonyl (C=O) groups is 2. The van der Waals surface area contributed by atoms with Gasteiger partial charge in [-0.25, -0.2) is 0 Å². The molecule has 2 atom stereocenters. The van der Waals surface area contributed by atoms with E-state index in [0.717, 1.165) is 12.8 Å². The standard InChI is InChI=1S/C15H27N3O2.ClH/c1-17-13(19)6-7-18(2)15(20)12-8-10-4-3-5-11(9-12)14(10)16;/h10-12,14H,3-9,16H2,1-2H3,(H,17,19);1H. The number of nitrogens with zero attached hydrogens (tertiary/aromatic N) is 1. The summed E-state index contributed by atoms with van der Waals surface area (Å²) in [4.78, 5) is 25.5. The van der Waals surface area contributed by atoms with E-state index in [1.807, 2.05) is 0 Å². The molecule has 2 saturated carbocycles. The molecule has 2 amide bonds. The first kappa shape index (κ1) is 18.2. The van der Waals surface area contributed by atoms with Crippen molar-refractivity contribution in [1.29, 1.82) is 0 Å². The molecular formula is C15H28ClN3O2. The third-order valence-electron chi connectivity index (χ3n) is 5.09. The average molecular weight is 318 g/mol. The second kappa shape index (κ2) is 7.99. The summed E-state index contributed by atoms with van der Waals surface area (Å²) in [5.41, 5.74) is 6.26. The van der Waals surface area contributed by atoms with Crippen LogP contribution < -0.4 is 11.1 Å². The van der Waals surface area contributed by atoms with Gasteiger partial charge in [-0.05, 0) is 37.5 Å². The molecule has 3 N–H and O–H groups in total. The summed E-state index contributed by atoms with van der Waals surface area (Å²) in [5.74, 6) is 1.32. The predicted octanol–water partition coefficient (Wildman–Crippen LogP) is 1.16. The molecule has 2 rings (SSSR count). The molecule has 6 heteroatoms. The Balaban J connectivity index is 0.00000220. The number of halogens is 1. The van der Waals surface area contributed by atoms with Gasteiger partial charge in [0.15, 0.2) is 0 Å². The van der Waals surface area contributed by atoms with Crippen LogP contribution in [0.3, 0.4) is 0 Å². The molecule has 0 aliphatic heterocycles. The van der Waals surface area contributed by atoms with E-state index in [2.05, 4.69) is 5.32 Å². The van der Waals surface area contributed by atoms with E-state index in [9.17, 15) is 9.59 Å². The normalized spacial score (nSPS) is 31.0. The number of hydrogen-bond acceptors (Lipinski definition) is 3. The minimum atomic E-state index is -0.0211. The van der Waals surface area contributed by atoms with E-state index in [1.165, 1.54) is 19.3 Å². The quantitative estimate of drug-likeness (QED) is 0.817. The van der Waals surface area contributed by atoms with Crippen molar-refractivity contribution in [2.45, 2.75) is 44.6 Å². The lowest BCUT2D eigenvalue weighted by molar-refractivity contribution is -0.137. The van der Waals surface area contributed by atoms with Crippen molar-refractivity contribution in [2.24, 2.45) is 23.5 Å². The van der Waals surface area contributed by atoms with Crippen LogP contribution in [0.15, 0.2) is 0 Å². The molecule has 0 heterocycles. The zero-order valence-corrected chi connectivity index (χ0v) is 13.8. The summed E-state index contributed by atoms with van der Waals surface area (Å²) in [6, 6.07) is 0.295. The number of hydrogen-bond donors (Lipinski definition) is 2. The van der Waals surface area contributed by atoms with Gasteiger partial charge in [0.25, 0.3) is 0 Å². The van der Waals surface area contributed by atoms with Gasteiger partial charge in [-0.2, -0.15) is 0 Å². The first-order valence-electron chi connectivity index (χ1n) is 7.74. The van der Waals surface area contributed by atoms with Gasteiger partial charge in [0.05, 0.1) is 0 Å². The van der Waals surface area contributed by atoms with Crippen molar-refractivity contribution in [3.8, 4) is 0 Å². The fraction of sp³-hybridized carbons (Fsp3) is 0.867. The van der Waals surface area contributed by atoms with Gasteiger partial charge in [0.1, 0.15) is 0 Å². The zero-order chi connectivity index (χ0) is 14.7. The third kappa shape index (κ3) is 4.33. The Hall–Kier alpha value is -0.810. The largest absolute Gasteiger partial charge is 0.359 e. The molecule has 5 nitrogen and oxygen atoms in total. The molecule has 0 saturated heterocycles. The van der Waals surface area contributed by atoms with E-state index >= 15 is 0 Å². The summed E-state index contributed by atoms with van der Waals surface area (Å²) in [5, 5.41) is 2.58. The highest BCUT2D eigenvalue weighted by Crippen LogP contribution is 2.42. The molecule has 2 bridgehead atoms. The van der Waals surface area contributed by atoms with Gasteiger partial charge in [0.2, 0.25) is 11.8 Å². The van der Waals surface area contributed by atoms with E-state index in [4.69, 9.17) is 5.73 Å². The molecule has 2 unspecified atom stereocenters. The lowest BCUT2D eigenvalue weighted by atomic mass is 9.65. The summed E-state index contributed by atoms with van der Waals surface area (Å²) in [7, 11) is 3.42. The van der Waals surface area contributed by atoms with Crippen LogP contribution in [-0.4, -0.2) is 43.4 Å². The Morgan fingerprint density at radius 1 is 1.24 bits per heavy atom. The molecule has 0 aromatic heterocycles. The highest BCUT2D eigenvalue weighted by atomic mass is 35.5. The molecule has 2 aliphatic carbocycles. The van der Waals surface area contributed by atoms with Gasteiger partial charge < -0.3 is 16.0 Å². The molecule has 122 valence electrons. The van der Waals surface area contributed by atoms with Gasteiger partial charge in [-0.3, -0.25) is 9.59 Å². The Morgan fingerprint density at radius 2 is 1.81 bits per heavy atom. The second-order valence-corrected chi connectivity index (χ2v) is 6.38. The van der Waals surface area contributed by atoms with E-state index < -0.39 is 0 Å². The van der Waals surface area contributed by atoms with Gasteiger partial charge in [-0.1, -0.05) is 6.42 Å². The van der Waals surface area contributed by atoms with Crippen molar-refractivity contribution >= 4 is 24.2 Å². The maximum atomic E-state index is 12.5. The maximum Gasteiger partial charge on any atom is 0.225 e. The Labute approximate surface area is 133 Å². The van der Waals surface area contributed by atoms with Crippen LogP contribution in [0, 0.1) is 17.8 Å². The summed E-state index contributed by atoms with van der Waals surface area (Å²) >= 11 is 0. The first-order valence-corrected chi connectivity index (χ1v) is 7.74. The van der Waals surface area contributed by atoms with Crippen molar-refractivity contribution in [3.63, 3.8) is 0 Å². The molecule has 0 radical (unpaired) electrons. The highest BCUT2D eigenvalue weighted by molar-refractivity contribution is 5.85. The van der Waals surface area contributed by atoms with Crippen LogP contribution >= 0.6 is 12.4 Å². The predicted molar refractivity (Wildman–Crippen MR) is 85.1 cm³/mol. The van der Waals surface area contributed by atoms with Crippen molar-refractivity contribution in [1.82, 2.24) is 10.2 Å². The molecule has 2 aliphatic rings. The van der Waals surface area contributed by atoms with Crippen LogP contribution in [0.5, 0.6) is 0 Å². The number of amides is 2. The Bertz CT molecular complexity index is 364. The SMILES string of the molecule is CNC(=O)CCN(C)C(=O)C1CC2CCCC(C1)C2N.Cl. The number of rotatable bonds is 4. The minimum Gasteiger partial charge on any atom is -0.359 e. The molecule has 0 aromatic rings. The monoisotopic (exact) mass is 317 g/mol. The van der Waals surface area contributed by atoms with Crippen molar-refractivity contribution < 1.29 is 9.59 Å². The van der Waals surface area contributed by atoms with E-state index in [0.29, 0.717) is 30.8 Å². The van der Waals surface area contributed by atoms with Crippen LogP contribution in [0.2, 0.25) is 0 Å². The Kier molecular flexibility index (Phi) is 6.94. The summed E-state index contributed by atoms with van der Waals surface area (Å²) in [6.45, 7) is 0.496. The molecule has 0 spiro atoms. The highest BCUT2D eigenvalue weighted by Gasteiger charge is 2.41. The minimum absolute atomic E-state index is 0.